The lowest BCUT2D eigenvalue weighted by atomic mass is 10.0. The zero-order valence-electron chi connectivity index (χ0n) is 9.68. The molecule has 1 aromatic carbocycles. The molecular formula is C13H12N2O2. The fraction of sp³-hybridized carbons (Fsp3) is 0.154. The van der Waals surface area contributed by atoms with Crippen LogP contribution in [0.2, 0.25) is 0 Å². The molecule has 0 aliphatic heterocycles. The van der Waals surface area contributed by atoms with Crippen LogP contribution in [0.25, 0.3) is 11.1 Å². The lowest BCUT2D eigenvalue weighted by Crippen LogP contribution is -1.96. The normalized spacial score (nSPS) is 10.0. The third kappa shape index (κ3) is 2.30. The second-order valence-corrected chi connectivity index (χ2v) is 3.60. The van der Waals surface area contributed by atoms with Crippen molar-refractivity contribution in [1.29, 1.82) is 0 Å². The van der Waals surface area contributed by atoms with Gasteiger partial charge >= 0.3 is 6.01 Å². The Labute approximate surface area is 99.3 Å². The summed E-state index contributed by atoms with van der Waals surface area (Å²) >= 11 is 0. The summed E-state index contributed by atoms with van der Waals surface area (Å²) < 4.78 is 4.95. The molecule has 1 heterocycles. The summed E-state index contributed by atoms with van der Waals surface area (Å²) in [6.07, 6.45) is 2.54. The van der Waals surface area contributed by atoms with Gasteiger partial charge in [-0.2, -0.15) is 4.98 Å². The number of hydrogen-bond donors (Lipinski definition) is 0. The zero-order chi connectivity index (χ0) is 12.3. The second-order valence-electron chi connectivity index (χ2n) is 3.60. The third-order valence-corrected chi connectivity index (χ3v) is 2.50. The van der Waals surface area contributed by atoms with Crippen LogP contribution in [0.15, 0.2) is 30.5 Å². The highest BCUT2D eigenvalue weighted by atomic mass is 16.5. The van der Waals surface area contributed by atoms with Crippen molar-refractivity contribution in [2.24, 2.45) is 0 Å². The summed E-state index contributed by atoms with van der Waals surface area (Å²) in [5.41, 5.74) is 3.41. The van der Waals surface area contributed by atoms with Crippen molar-refractivity contribution in [3.05, 3.63) is 41.7 Å². The molecule has 0 atom stereocenters. The minimum Gasteiger partial charge on any atom is -0.467 e. The lowest BCUT2D eigenvalue weighted by Gasteiger charge is -2.06. The van der Waals surface area contributed by atoms with Gasteiger partial charge in [0.2, 0.25) is 0 Å². The predicted molar refractivity (Wildman–Crippen MR) is 64.1 cm³/mol. The molecule has 0 radical (unpaired) electrons. The van der Waals surface area contributed by atoms with Crippen LogP contribution < -0.4 is 4.74 Å². The topological polar surface area (TPSA) is 52.1 Å². The zero-order valence-corrected chi connectivity index (χ0v) is 9.68. The van der Waals surface area contributed by atoms with E-state index in [0.717, 1.165) is 23.1 Å². The van der Waals surface area contributed by atoms with Crippen LogP contribution in [0.1, 0.15) is 16.1 Å². The first-order chi connectivity index (χ1) is 8.24. The van der Waals surface area contributed by atoms with Crippen molar-refractivity contribution in [3.8, 4) is 17.1 Å². The molecule has 0 fully saturated rings. The quantitative estimate of drug-likeness (QED) is 0.756. The van der Waals surface area contributed by atoms with Crippen molar-refractivity contribution in [2.45, 2.75) is 6.92 Å². The third-order valence-electron chi connectivity index (χ3n) is 2.50. The molecule has 1 aromatic heterocycles. The molecule has 0 saturated carbocycles. The number of aryl methyl sites for hydroxylation is 1. The highest BCUT2D eigenvalue weighted by Crippen LogP contribution is 2.22. The van der Waals surface area contributed by atoms with Crippen LogP contribution in [0.4, 0.5) is 0 Å². The Morgan fingerprint density at radius 1 is 1.24 bits per heavy atom. The molecule has 0 bridgehead atoms. The van der Waals surface area contributed by atoms with Gasteiger partial charge in [-0.3, -0.25) is 4.79 Å². The van der Waals surface area contributed by atoms with E-state index in [-0.39, 0.29) is 0 Å². The molecular weight excluding hydrogens is 216 g/mol. The number of rotatable bonds is 3. The maximum atomic E-state index is 10.6. The SMILES string of the molecule is COc1ncc(-c2ccc(C=O)cc2)c(C)n1. The molecule has 4 heteroatoms. The monoisotopic (exact) mass is 228 g/mol. The number of carbonyl (C=O) groups excluding carboxylic acids is 1. The largest absolute Gasteiger partial charge is 0.467 e. The van der Waals surface area contributed by atoms with Gasteiger partial charge in [0.1, 0.15) is 6.29 Å². The summed E-state index contributed by atoms with van der Waals surface area (Å²) in [6, 6.07) is 7.65. The maximum Gasteiger partial charge on any atom is 0.316 e. The fourth-order valence-electron chi connectivity index (χ4n) is 1.57. The van der Waals surface area contributed by atoms with Crippen LogP contribution in [0.3, 0.4) is 0 Å². The van der Waals surface area contributed by atoms with E-state index in [4.69, 9.17) is 4.74 Å². The number of hydrogen-bond acceptors (Lipinski definition) is 4. The average molecular weight is 228 g/mol. The molecule has 0 aliphatic rings. The molecule has 86 valence electrons. The molecule has 0 N–H and O–H groups in total. The Kier molecular flexibility index (Phi) is 3.14. The molecule has 0 aliphatic carbocycles. The van der Waals surface area contributed by atoms with Gasteiger partial charge in [0.25, 0.3) is 0 Å². The summed E-state index contributed by atoms with van der Waals surface area (Å²) in [6.45, 7) is 1.90. The highest BCUT2D eigenvalue weighted by molar-refractivity contribution is 5.77. The first-order valence-corrected chi connectivity index (χ1v) is 5.18. The van der Waals surface area contributed by atoms with Gasteiger partial charge in [-0.05, 0) is 12.5 Å². The van der Waals surface area contributed by atoms with E-state index in [9.17, 15) is 4.79 Å². The van der Waals surface area contributed by atoms with E-state index in [1.54, 1.807) is 18.3 Å². The first-order valence-electron chi connectivity index (χ1n) is 5.18. The minimum absolute atomic E-state index is 0.357. The van der Waals surface area contributed by atoms with Crippen LogP contribution >= 0.6 is 0 Å². The van der Waals surface area contributed by atoms with Crippen LogP contribution in [0, 0.1) is 6.92 Å². The number of methoxy groups -OCH3 is 1. The minimum atomic E-state index is 0.357. The smallest absolute Gasteiger partial charge is 0.316 e. The Balaban J connectivity index is 2.41. The molecule has 2 rings (SSSR count). The molecule has 17 heavy (non-hydrogen) atoms. The lowest BCUT2D eigenvalue weighted by molar-refractivity contribution is 0.112. The summed E-state index contributed by atoms with van der Waals surface area (Å²) in [5, 5.41) is 0. The summed E-state index contributed by atoms with van der Waals surface area (Å²) in [7, 11) is 1.54. The van der Waals surface area contributed by atoms with E-state index in [0.29, 0.717) is 11.6 Å². The summed E-state index contributed by atoms with van der Waals surface area (Å²) in [5.74, 6) is 0. The molecule has 2 aromatic rings. The van der Waals surface area contributed by atoms with E-state index in [1.165, 1.54) is 7.11 Å². The van der Waals surface area contributed by atoms with E-state index >= 15 is 0 Å². The fourth-order valence-corrected chi connectivity index (χ4v) is 1.57. The Morgan fingerprint density at radius 2 is 1.94 bits per heavy atom. The Hall–Kier alpha value is -2.23. The molecule has 0 amide bonds. The number of carbonyl (C=O) groups is 1. The molecule has 0 spiro atoms. The van der Waals surface area contributed by atoms with Crippen LogP contribution in [-0.2, 0) is 0 Å². The standard InChI is InChI=1S/C13H12N2O2/c1-9-12(7-14-13(15-9)17-2)11-5-3-10(8-16)4-6-11/h3-8H,1-2H3. The average Bonchev–Trinajstić information content (AvgIpc) is 2.39. The van der Waals surface area contributed by atoms with Crippen molar-refractivity contribution in [3.63, 3.8) is 0 Å². The van der Waals surface area contributed by atoms with Gasteiger partial charge in [0.05, 0.1) is 12.8 Å². The van der Waals surface area contributed by atoms with E-state index in [2.05, 4.69) is 9.97 Å². The maximum absolute atomic E-state index is 10.6. The van der Waals surface area contributed by atoms with Crippen molar-refractivity contribution in [2.75, 3.05) is 7.11 Å². The number of ether oxygens (including phenoxy) is 1. The Morgan fingerprint density at radius 3 is 2.47 bits per heavy atom. The molecule has 4 nitrogen and oxygen atoms in total. The van der Waals surface area contributed by atoms with Crippen LogP contribution in [-0.4, -0.2) is 23.4 Å². The number of aldehydes is 1. The second kappa shape index (κ2) is 4.74. The van der Waals surface area contributed by atoms with Gasteiger partial charge < -0.3 is 4.74 Å². The predicted octanol–water partition coefficient (Wildman–Crippen LogP) is 2.27. The van der Waals surface area contributed by atoms with Gasteiger partial charge in [-0.15, -0.1) is 0 Å². The van der Waals surface area contributed by atoms with Gasteiger partial charge in [-0.1, -0.05) is 24.3 Å². The number of benzene rings is 1. The number of nitrogens with zero attached hydrogens (tertiary/aromatic N) is 2. The van der Waals surface area contributed by atoms with Gasteiger partial charge in [-0.25, -0.2) is 4.98 Å². The molecule has 0 unspecified atom stereocenters. The van der Waals surface area contributed by atoms with E-state index < -0.39 is 0 Å². The summed E-state index contributed by atoms with van der Waals surface area (Å²) in [4.78, 5) is 18.8. The van der Waals surface area contributed by atoms with Gasteiger partial charge in [0, 0.05) is 17.3 Å². The van der Waals surface area contributed by atoms with Crippen molar-refractivity contribution < 1.29 is 9.53 Å². The van der Waals surface area contributed by atoms with Gasteiger partial charge in [0.15, 0.2) is 0 Å². The van der Waals surface area contributed by atoms with Crippen molar-refractivity contribution in [1.82, 2.24) is 9.97 Å². The first kappa shape index (κ1) is 11.3. The van der Waals surface area contributed by atoms with E-state index in [1.807, 2.05) is 19.1 Å². The van der Waals surface area contributed by atoms with Crippen LogP contribution in [0.5, 0.6) is 6.01 Å². The highest BCUT2D eigenvalue weighted by Gasteiger charge is 2.05. The van der Waals surface area contributed by atoms with Crippen molar-refractivity contribution >= 4 is 6.29 Å². The Bertz CT molecular complexity index is 536. The molecule has 0 saturated heterocycles. The number of aromatic nitrogens is 2.